The highest BCUT2D eigenvalue weighted by molar-refractivity contribution is 8.00. The Kier molecular flexibility index (Phi) is 13.8. The SMILES string of the molecule is C.CN(C)c1ccc2c(-c3ccccc3CSC(C)(C)C)c3ccc(=[N+](C)C)cc-3oc2c1.CN(C)c1ccc2c(c1)Oc1cc(N(C)C)ccc1C21SCc2ccccc21.[Cl-]. The molecule has 0 N–H and O–H groups in total. The van der Waals surface area contributed by atoms with Crippen LogP contribution in [0.15, 0.2) is 126 Å². The fraction of sp³-hybridized carbons (Fsp3) is 0.302. The maximum absolute atomic E-state index is 6.49. The lowest BCUT2D eigenvalue weighted by molar-refractivity contribution is -0.0000136. The van der Waals surface area contributed by atoms with Gasteiger partial charge >= 0.3 is 0 Å². The van der Waals surface area contributed by atoms with Crippen molar-refractivity contribution in [2.75, 3.05) is 71.1 Å². The summed E-state index contributed by atoms with van der Waals surface area (Å²) in [5.41, 5.74) is 14.7. The van der Waals surface area contributed by atoms with E-state index < -0.39 is 0 Å². The maximum Gasteiger partial charge on any atom is 0.203 e. The van der Waals surface area contributed by atoms with Crippen LogP contribution in [0.4, 0.5) is 17.1 Å². The van der Waals surface area contributed by atoms with Gasteiger partial charge in [-0.1, -0.05) is 88.9 Å². The fourth-order valence-electron chi connectivity index (χ4n) is 8.19. The molecule has 9 rings (SSSR count). The van der Waals surface area contributed by atoms with Gasteiger partial charge in [0.2, 0.25) is 5.36 Å². The van der Waals surface area contributed by atoms with Gasteiger partial charge < -0.3 is 36.3 Å². The zero-order valence-corrected chi connectivity index (χ0v) is 39.6. The van der Waals surface area contributed by atoms with E-state index in [1.165, 1.54) is 38.9 Å². The molecule has 0 saturated carbocycles. The largest absolute Gasteiger partial charge is 1.00 e. The average Bonchev–Trinajstić information content (AvgIpc) is 3.61. The smallest absolute Gasteiger partial charge is 0.203 e. The van der Waals surface area contributed by atoms with Crippen molar-refractivity contribution in [1.29, 1.82) is 0 Å². The first-order valence-corrected chi connectivity index (χ1v) is 22.6. The molecule has 0 aromatic heterocycles. The predicted octanol–water partition coefficient (Wildman–Crippen LogP) is 9.44. The van der Waals surface area contributed by atoms with Crippen LogP contribution in [0.5, 0.6) is 11.5 Å². The predicted molar refractivity (Wildman–Crippen MR) is 267 cm³/mol. The second-order valence-corrected chi connectivity index (χ2v) is 20.6. The molecule has 0 saturated heterocycles. The summed E-state index contributed by atoms with van der Waals surface area (Å²) in [7, 11) is 16.5. The summed E-state index contributed by atoms with van der Waals surface area (Å²) in [5.74, 6) is 4.81. The molecule has 9 heteroatoms. The van der Waals surface area contributed by atoms with E-state index in [1.54, 1.807) is 0 Å². The molecule has 3 aliphatic heterocycles. The monoisotopic (exact) mass is 884 g/mol. The molecule has 6 nitrogen and oxygen atoms in total. The van der Waals surface area contributed by atoms with Crippen molar-refractivity contribution < 1.29 is 21.6 Å². The summed E-state index contributed by atoms with van der Waals surface area (Å²) >= 11 is 3.98. The molecule has 5 aromatic rings. The Hall–Kier alpha value is -5.02. The molecule has 62 heavy (non-hydrogen) atoms. The van der Waals surface area contributed by atoms with Crippen molar-refractivity contribution in [2.24, 2.45) is 0 Å². The number of halogens is 1. The molecular weight excluding hydrogens is 824 g/mol. The number of rotatable bonds is 6. The van der Waals surface area contributed by atoms with Crippen molar-refractivity contribution in [1.82, 2.24) is 4.58 Å². The van der Waals surface area contributed by atoms with Gasteiger partial charge in [-0.3, -0.25) is 0 Å². The molecular formula is C53H61ClN4O2S2. The van der Waals surface area contributed by atoms with Gasteiger partial charge in [-0.2, -0.15) is 11.8 Å². The van der Waals surface area contributed by atoms with E-state index in [1.807, 2.05) is 23.5 Å². The maximum atomic E-state index is 6.49. The Morgan fingerprint density at radius 2 is 1.24 bits per heavy atom. The molecule has 1 aliphatic carbocycles. The van der Waals surface area contributed by atoms with E-state index in [0.717, 1.165) is 67.7 Å². The van der Waals surface area contributed by atoms with Crippen LogP contribution < -0.4 is 41.8 Å². The number of hydrogen-bond donors (Lipinski definition) is 0. The molecule has 0 atom stereocenters. The van der Waals surface area contributed by atoms with E-state index in [0.29, 0.717) is 0 Å². The Bertz CT molecular complexity index is 2710. The number of thioether (sulfide) groups is 2. The van der Waals surface area contributed by atoms with Gasteiger partial charge in [0.15, 0.2) is 0 Å². The summed E-state index contributed by atoms with van der Waals surface area (Å²) in [6, 6.07) is 43.9. The molecule has 0 amide bonds. The lowest BCUT2D eigenvalue weighted by Crippen LogP contribution is -3.00. The topological polar surface area (TPSA) is 35.1 Å². The summed E-state index contributed by atoms with van der Waals surface area (Å²) < 4.78 is 15.1. The molecule has 0 fully saturated rings. The third kappa shape index (κ3) is 8.79. The number of benzene rings is 6. The highest BCUT2D eigenvalue weighted by Gasteiger charge is 2.48. The molecule has 3 heterocycles. The minimum atomic E-state index is -0.213. The number of hydrogen-bond acceptors (Lipinski definition) is 7. The van der Waals surface area contributed by atoms with Crippen LogP contribution in [-0.4, -0.2) is 61.1 Å². The van der Waals surface area contributed by atoms with E-state index >= 15 is 0 Å². The molecule has 0 unspecified atom stereocenters. The zero-order valence-electron chi connectivity index (χ0n) is 37.3. The summed E-state index contributed by atoms with van der Waals surface area (Å²) in [6.07, 6.45) is 0. The van der Waals surface area contributed by atoms with Crippen molar-refractivity contribution in [3.63, 3.8) is 0 Å². The molecule has 0 radical (unpaired) electrons. The average molecular weight is 886 g/mol. The zero-order chi connectivity index (χ0) is 42.5. The van der Waals surface area contributed by atoms with E-state index in [9.17, 15) is 0 Å². The van der Waals surface area contributed by atoms with Crippen LogP contribution in [0.3, 0.4) is 0 Å². The van der Waals surface area contributed by atoms with E-state index in [-0.39, 0.29) is 29.3 Å². The summed E-state index contributed by atoms with van der Waals surface area (Å²) in [5, 5.41) is 2.28. The Balaban J connectivity index is 0.000000202. The highest BCUT2D eigenvalue weighted by Crippen LogP contribution is 2.63. The third-order valence-electron chi connectivity index (χ3n) is 11.5. The normalized spacial score (nSPS) is 13.1. The summed E-state index contributed by atoms with van der Waals surface area (Å²) in [6.45, 7) is 6.83. The van der Waals surface area contributed by atoms with Gasteiger partial charge in [0, 0.05) is 128 Å². The lowest BCUT2D eigenvalue weighted by atomic mass is 9.80. The van der Waals surface area contributed by atoms with Crippen molar-refractivity contribution in [2.45, 2.75) is 49.2 Å². The van der Waals surface area contributed by atoms with Gasteiger partial charge in [-0.25, -0.2) is 4.58 Å². The number of fused-ring (bicyclic) bond motifs is 8. The van der Waals surface area contributed by atoms with Crippen LogP contribution >= 0.6 is 23.5 Å². The Labute approximate surface area is 384 Å². The van der Waals surface area contributed by atoms with Crippen LogP contribution in [0.25, 0.3) is 33.4 Å². The molecule has 324 valence electrons. The van der Waals surface area contributed by atoms with Gasteiger partial charge in [0.05, 0.1) is 10.8 Å². The number of ether oxygens (including phenoxy) is 1. The van der Waals surface area contributed by atoms with Gasteiger partial charge in [-0.05, 0) is 52.6 Å². The van der Waals surface area contributed by atoms with Crippen molar-refractivity contribution in [3.05, 3.63) is 155 Å². The van der Waals surface area contributed by atoms with E-state index in [2.05, 4.69) is 218 Å². The Morgan fingerprint density at radius 1 is 0.661 bits per heavy atom. The van der Waals surface area contributed by atoms with Gasteiger partial charge in [0.25, 0.3) is 0 Å². The second-order valence-electron chi connectivity index (χ2n) is 17.6. The summed E-state index contributed by atoms with van der Waals surface area (Å²) in [4.78, 5) is 6.36. The first kappa shape index (κ1) is 46.5. The number of nitrogens with zero attached hydrogens (tertiary/aromatic N) is 4. The van der Waals surface area contributed by atoms with Crippen LogP contribution in [0.1, 0.15) is 56.0 Å². The lowest BCUT2D eigenvalue weighted by Gasteiger charge is -2.38. The highest BCUT2D eigenvalue weighted by atomic mass is 35.5. The fourth-order valence-corrected chi connectivity index (χ4v) is 10.7. The molecule has 1 spiro atoms. The van der Waals surface area contributed by atoms with Crippen LogP contribution in [0, 0.1) is 0 Å². The van der Waals surface area contributed by atoms with Crippen LogP contribution in [0.2, 0.25) is 0 Å². The van der Waals surface area contributed by atoms with Crippen molar-refractivity contribution >= 4 is 51.6 Å². The minimum absolute atomic E-state index is 0. The first-order chi connectivity index (χ1) is 28.6. The van der Waals surface area contributed by atoms with Crippen molar-refractivity contribution in [3.8, 4) is 33.9 Å². The Morgan fingerprint density at radius 3 is 1.85 bits per heavy atom. The van der Waals surface area contributed by atoms with Gasteiger partial charge in [0.1, 0.15) is 36.9 Å². The molecule has 0 bridgehead atoms. The minimum Gasteiger partial charge on any atom is -1.00 e. The molecule has 4 aliphatic rings. The first-order valence-electron chi connectivity index (χ1n) is 20.6. The second kappa shape index (κ2) is 18.4. The van der Waals surface area contributed by atoms with Gasteiger partial charge in [-0.15, -0.1) is 11.8 Å². The third-order valence-corrected chi connectivity index (χ3v) is 14.3. The number of anilines is 3. The standard InChI is InChI=1S/C28H33N2OS.C24H24N2OS.CH4.ClH/c1-28(2,3)32-18-19-10-8-9-11-22(19)27-23-14-12-20(29(4)5)16-25(23)31-26-17-21(30(6)7)13-15-24(26)27;1-25(2)17-9-11-20-22(13-17)27-23-14-18(26(3)4)10-12-21(23)24(20)19-8-6-5-7-16(19)15-28-24;;/h8-17H,18H2,1-7H3;5-14H,15H2,1-4H3;1H4;1H/q+1;;;/p-1. The van der Waals surface area contributed by atoms with Crippen LogP contribution in [-0.2, 0) is 16.3 Å². The quantitative estimate of drug-likeness (QED) is 0.122. The van der Waals surface area contributed by atoms with E-state index in [4.69, 9.17) is 9.15 Å². The molecule has 5 aromatic carbocycles.